The fourth-order valence-corrected chi connectivity index (χ4v) is 2.73. The van der Waals surface area contributed by atoms with E-state index in [4.69, 9.17) is 9.47 Å². The molecule has 0 aliphatic heterocycles. The summed E-state index contributed by atoms with van der Waals surface area (Å²) >= 11 is 0. The fourth-order valence-electron chi connectivity index (χ4n) is 2.73. The number of nitrogens with zero attached hydrogens (tertiary/aromatic N) is 2. The first-order valence-corrected chi connectivity index (χ1v) is 9.15. The molecule has 0 atom stereocenters. The third-order valence-electron chi connectivity index (χ3n) is 4.15. The molecular formula is C20H26N4O5. The van der Waals surface area contributed by atoms with E-state index in [2.05, 4.69) is 15.6 Å². The van der Waals surface area contributed by atoms with Gasteiger partial charge >= 0.3 is 5.97 Å². The molecule has 1 heterocycles. The van der Waals surface area contributed by atoms with Crippen LogP contribution in [0, 0.1) is 5.92 Å². The quantitative estimate of drug-likeness (QED) is 0.397. The molecule has 0 bridgehead atoms. The van der Waals surface area contributed by atoms with Gasteiger partial charge in [-0.3, -0.25) is 19.5 Å². The van der Waals surface area contributed by atoms with Crippen molar-refractivity contribution in [3.63, 3.8) is 0 Å². The van der Waals surface area contributed by atoms with Crippen molar-refractivity contribution in [2.24, 2.45) is 11.0 Å². The van der Waals surface area contributed by atoms with Crippen molar-refractivity contribution in [3.8, 4) is 11.4 Å². The summed E-state index contributed by atoms with van der Waals surface area (Å²) in [5, 5.41) is 6.99. The van der Waals surface area contributed by atoms with Gasteiger partial charge in [-0.15, -0.1) is 0 Å². The molecule has 0 aliphatic carbocycles. The van der Waals surface area contributed by atoms with Crippen LogP contribution in [0.2, 0.25) is 0 Å². The largest absolute Gasteiger partial charge is 0.497 e. The molecule has 1 amide bonds. The van der Waals surface area contributed by atoms with Gasteiger partial charge < -0.3 is 9.47 Å². The molecule has 2 rings (SSSR count). The second-order valence-electron chi connectivity index (χ2n) is 6.89. The topological polar surface area (TPSA) is 115 Å². The first kappa shape index (κ1) is 21.9. The zero-order valence-corrected chi connectivity index (χ0v) is 17.2. The summed E-state index contributed by atoms with van der Waals surface area (Å²) in [6, 6.07) is 6.85. The minimum atomic E-state index is -0.508. The van der Waals surface area contributed by atoms with Gasteiger partial charge in [0.15, 0.2) is 0 Å². The molecule has 2 N–H and O–H groups in total. The van der Waals surface area contributed by atoms with Gasteiger partial charge in [0.25, 0.3) is 5.56 Å². The van der Waals surface area contributed by atoms with Gasteiger partial charge in [0, 0.05) is 6.42 Å². The zero-order valence-electron chi connectivity index (χ0n) is 17.2. The number of carbonyl (C=O) groups excluding carboxylic acids is 2. The second-order valence-corrected chi connectivity index (χ2v) is 6.89. The number of esters is 1. The third-order valence-corrected chi connectivity index (χ3v) is 4.15. The molecule has 0 spiro atoms. The number of methoxy groups -OCH3 is 2. The highest BCUT2D eigenvalue weighted by atomic mass is 16.5. The summed E-state index contributed by atoms with van der Waals surface area (Å²) < 4.78 is 11.2. The molecule has 0 fully saturated rings. The summed E-state index contributed by atoms with van der Waals surface area (Å²) in [5.74, 6) is 0.0693. The van der Waals surface area contributed by atoms with Crippen molar-refractivity contribution in [2.75, 3.05) is 14.2 Å². The number of aromatic nitrogens is 2. The lowest BCUT2D eigenvalue weighted by Crippen LogP contribution is -2.24. The summed E-state index contributed by atoms with van der Waals surface area (Å²) in [7, 11) is 2.82. The van der Waals surface area contributed by atoms with Crippen molar-refractivity contribution < 1.29 is 19.1 Å². The number of hydrogen-bond donors (Lipinski definition) is 2. The second kappa shape index (κ2) is 9.72. The van der Waals surface area contributed by atoms with Crippen molar-refractivity contribution in [1.29, 1.82) is 0 Å². The number of nitrogens with one attached hydrogen (secondary N) is 2. The zero-order chi connectivity index (χ0) is 21.6. The molecule has 0 radical (unpaired) electrons. The van der Waals surface area contributed by atoms with E-state index in [9.17, 15) is 14.4 Å². The average Bonchev–Trinajstić information content (AvgIpc) is 3.01. The van der Waals surface area contributed by atoms with Crippen LogP contribution in [0.15, 0.2) is 34.2 Å². The number of hydrogen-bond acceptors (Lipinski definition) is 6. The predicted molar refractivity (Wildman–Crippen MR) is 108 cm³/mol. The Labute approximate surface area is 168 Å². The molecule has 0 saturated carbocycles. The molecule has 9 heteroatoms. The first-order chi connectivity index (χ1) is 13.8. The molecule has 156 valence electrons. The van der Waals surface area contributed by atoms with Crippen molar-refractivity contribution in [1.82, 2.24) is 15.2 Å². The van der Waals surface area contributed by atoms with E-state index in [-0.39, 0.29) is 29.5 Å². The van der Waals surface area contributed by atoms with Crippen LogP contribution in [-0.2, 0) is 20.7 Å². The molecule has 0 aliphatic rings. The van der Waals surface area contributed by atoms with Crippen LogP contribution >= 0.6 is 0 Å². The number of carbonyl (C=O) groups is 2. The van der Waals surface area contributed by atoms with Crippen LogP contribution in [0.25, 0.3) is 5.69 Å². The number of hydrazone groups is 1. The minimum absolute atomic E-state index is 0.142. The van der Waals surface area contributed by atoms with E-state index in [1.165, 1.54) is 11.8 Å². The van der Waals surface area contributed by atoms with E-state index < -0.39 is 11.5 Å². The fraction of sp³-hybridized carbons (Fsp3) is 0.400. The van der Waals surface area contributed by atoms with Crippen molar-refractivity contribution in [3.05, 3.63) is 45.9 Å². The van der Waals surface area contributed by atoms with E-state index in [1.54, 1.807) is 38.3 Å². The number of amides is 1. The lowest BCUT2D eigenvalue weighted by Gasteiger charge is -2.04. The van der Waals surface area contributed by atoms with Gasteiger partial charge in [-0.1, -0.05) is 13.8 Å². The van der Waals surface area contributed by atoms with Gasteiger partial charge in [-0.2, -0.15) is 5.10 Å². The average molecular weight is 402 g/mol. The Bertz CT molecular complexity index is 954. The standard InChI is InChI=1S/C20H26N4O5/c1-12(2)10-17(25)22-21-13(3)19-16(11-18(26)29-5)23-24(20(19)27)14-6-8-15(28-4)9-7-14/h6-9,12,23H,10-11H2,1-5H3,(H,22,25)/b21-13+. The van der Waals surface area contributed by atoms with Gasteiger partial charge in [-0.05, 0) is 37.1 Å². The maximum atomic E-state index is 13.0. The molecule has 1 aromatic carbocycles. The van der Waals surface area contributed by atoms with Gasteiger partial charge in [0.1, 0.15) is 5.75 Å². The van der Waals surface area contributed by atoms with Crippen LogP contribution < -0.4 is 15.7 Å². The smallest absolute Gasteiger partial charge is 0.311 e. The first-order valence-electron chi connectivity index (χ1n) is 9.15. The molecule has 0 saturated heterocycles. The molecule has 0 unspecified atom stereocenters. The monoisotopic (exact) mass is 402 g/mol. The van der Waals surface area contributed by atoms with E-state index >= 15 is 0 Å². The Morgan fingerprint density at radius 1 is 1.21 bits per heavy atom. The van der Waals surface area contributed by atoms with E-state index in [0.29, 0.717) is 23.6 Å². The lowest BCUT2D eigenvalue weighted by atomic mass is 10.1. The van der Waals surface area contributed by atoms with E-state index in [1.807, 2.05) is 13.8 Å². The molecule has 29 heavy (non-hydrogen) atoms. The number of ether oxygens (including phenoxy) is 2. The van der Waals surface area contributed by atoms with Gasteiger partial charge in [0.05, 0.1) is 43.3 Å². The lowest BCUT2D eigenvalue weighted by molar-refractivity contribution is -0.139. The Kier molecular flexibility index (Phi) is 7.35. The number of H-pyrrole nitrogens is 1. The van der Waals surface area contributed by atoms with Crippen LogP contribution in [-0.4, -0.2) is 41.6 Å². The highest BCUT2D eigenvalue weighted by molar-refractivity contribution is 6.00. The van der Waals surface area contributed by atoms with Gasteiger partial charge in [-0.25, -0.2) is 10.1 Å². The predicted octanol–water partition coefficient (Wildman–Crippen LogP) is 1.78. The normalized spacial score (nSPS) is 11.4. The maximum absolute atomic E-state index is 13.0. The summed E-state index contributed by atoms with van der Waals surface area (Å²) in [4.78, 5) is 36.7. The van der Waals surface area contributed by atoms with E-state index in [0.717, 1.165) is 0 Å². The highest BCUT2D eigenvalue weighted by Gasteiger charge is 2.20. The Morgan fingerprint density at radius 2 is 1.86 bits per heavy atom. The number of rotatable bonds is 8. The summed E-state index contributed by atoms with van der Waals surface area (Å²) in [6.07, 6.45) is 0.173. The summed E-state index contributed by atoms with van der Waals surface area (Å²) in [6.45, 7) is 5.44. The van der Waals surface area contributed by atoms with Crippen LogP contribution in [0.1, 0.15) is 38.4 Å². The SMILES string of the molecule is COC(=O)Cc1[nH]n(-c2ccc(OC)cc2)c(=O)c1/C(C)=N/NC(=O)CC(C)C. The van der Waals surface area contributed by atoms with Gasteiger partial charge in [0.2, 0.25) is 5.91 Å². The third kappa shape index (κ3) is 5.56. The Morgan fingerprint density at radius 3 is 2.41 bits per heavy atom. The highest BCUT2D eigenvalue weighted by Crippen LogP contribution is 2.15. The van der Waals surface area contributed by atoms with Crippen LogP contribution in [0.5, 0.6) is 5.75 Å². The molecule has 2 aromatic rings. The maximum Gasteiger partial charge on any atom is 0.311 e. The molecule has 1 aromatic heterocycles. The number of benzene rings is 1. The minimum Gasteiger partial charge on any atom is -0.497 e. The summed E-state index contributed by atoms with van der Waals surface area (Å²) in [5.41, 5.74) is 3.45. The number of aromatic amines is 1. The molecular weight excluding hydrogens is 376 g/mol. The van der Waals surface area contributed by atoms with Crippen LogP contribution in [0.4, 0.5) is 0 Å². The Balaban J connectivity index is 2.45. The van der Waals surface area contributed by atoms with Crippen molar-refractivity contribution >= 4 is 17.6 Å². The Hall–Kier alpha value is -3.36. The molecule has 9 nitrogen and oxygen atoms in total. The van der Waals surface area contributed by atoms with Crippen LogP contribution in [0.3, 0.4) is 0 Å². The van der Waals surface area contributed by atoms with Crippen molar-refractivity contribution in [2.45, 2.75) is 33.6 Å².